The minimum Gasteiger partial charge on any atom is -0.340 e. The van der Waals surface area contributed by atoms with E-state index in [-0.39, 0.29) is 5.91 Å². The second kappa shape index (κ2) is 6.74. The Labute approximate surface area is 163 Å². The Morgan fingerprint density at radius 3 is 2.58 bits per heavy atom. The van der Waals surface area contributed by atoms with Crippen molar-refractivity contribution in [1.29, 1.82) is 0 Å². The highest BCUT2D eigenvalue weighted by Gasteiger charge is 2.37. The summed E-state index contributed by atoms with van der Waals surface area (Å²) in [5.74, 6) is -0.0557. The number of hydrogen-bond donors (Lipinski definition) is 0. The van der Waals surface area contributed by atoms with E-state index < -0.39 is 0 Å². The number of anilines is 2. The molecule has 3 nitrogen and oxygen atoms in total. The van der Waals surface area contributed by atoms with Crippen LogP contribution in [0, 0.1) is 6.92 Å². The van der Waals surface area contributed by atoms with Crippen LogP contribution in [0.4, 0.5) is 11.4 Å². The van der Waals surface area contributed by atoms with Crippen molar-refractivity contribution in [1.82, 2.24) is 0 Å². The first-order valence-corrected chi connectivity index (χ1v) is 9.74. The molecule has 0 aromatic heterocycles. The SMILES string of the molecule is CCN1C(=C2SC(=S)N(c3ccccc3)C2=O)C=Cc2cc(C)ccc21. The molecule has 130 valence electrons. The molecule has 1 fully saturated rings. The van der Waals surface area contributed by atoms with Crippen molar-refractivity contribution in [3.05, 3.63) is 76.3 Å². The number of thiocarbonyl (C=S) groups is 1. The molecule has 0 unspecified atom stereocenters. The Morgan fingerprint density at radius 2 is 1.85 bits per heavy atom. The second-order valence-electron chi connectivity index (χ2n) is 6.20. The molecule has 2 aromatic carbocycles. The van der Waals surface area contributed by atoms with Gasteiger partial charge in [0.25, 0.3) is 5.91 Å². The molecule has 0 saturated carbocycles. The van der Waals surface area contributed by atoms with Gasteiger partial charge in [-0.25, -0.2) is 0 Å². The molecule has 2 aliphatic heterocycles. The van der Waals surface area contributed by atoms with Crippen LogP contribution in [0.15, 0.2) is 65.2 Å². The maximum absolute atomic E-state index is 13.1. The minimum absolute atomic E-state index is 0.0557. The highest BCUT2D eigenvalue weighted by Crippen LogP contribution is 2.41. The monoisotopic (exact) mass is 378 g/mol. The zero-order valence-corrected chi connectivity index (χ0v) is 16.2. The maximum atomic E-state index is 13.1. The van der Waals surface area contributed by atoms with E-state index in [1.807, 2.05) is 36.4 Å². The third kappa shape index (κ3) is 2.77. The summed E-state index contributed by atoms with van der Waals surface area (Å²) in [6.07, 6.45) is 4.11. The first-order valence-electron chi connectivity index (χ1n) is 8.52. The molecule has 1 saturated heterocycles. The molecular formula is C21H18N2OS2. The van der Waals surface area contributed by atoms with Gasteiger partial charge in [-0.2, -0.15) is 0 Å². The van der Waals surface area contributed by atoms with E-state index in [0.29, 0.717) is 9.23 Å². The molecule has 0 radical (unpaired) electrons. The second-order valence-corrected chi connectivity index (χ2v) is 7.84. The summed E-state index contributed by atoms with van der Waals surface area (Å²) in [5.41, 5.74) is 5.25. The fourth-order valence-corrected chi connectivity index (χ4v) is 4.66. The number of benzene rings is 2. The number of aryl methyl sites for hydroxylation is 1. The standard InChI is InChI=1S/C21H18N2OS2/c1-3-22-17-11-9-14(2)13-15(17)10-12-18(22)19-20(24)23(21(25)26-19)16-7-5-4-6-8-16/h4-13H,3H2,1-2H3. The summed E-state index contributed by atoms with van der Waals surface area (Å²) in [6.45, 7) is 4.97. The predicted molar refractivity (Wildman–Crippen MR) is 114 cm³/mol. The van der Waals surface area contributed by atoms with Gasteiger partial charge in [-0.15, -0.1) is 0 Å². The number of thioether (sulfide) groups is 1. The van der Waals surface area contributed by atoms with Crippen LogP contribution in [-0.4, -0.2) is 16.8 Å². The van der Waals surface area contributed by atoms with Crippen molar-refractivity contribution >= 4 is 51.7 Å². The number of likely N-dealkylation sites (N-methyl/N-ethyl adjacent to an activating group) is 1. The van der Waals surface area contributed by atoms with Crippen molar-refractivity contribution in [2.75, 3.05) is 16.3 Å². The molecular weight excluding hydrogens is 360 g/mol. The zero-order valence-electron chi connectivity index (χ0n) is 14.6. The summed E-state index contributed by atoms with van der Waals surface area (Å²) in [7, 11) is 0. The number of para-hydroxylation sites is 1. The normalized spacial score (nSPS) is 19.3. The Morgan fingerprint density at radius 1 is 1.08 bits per heavy atom. The van der Waals surface area contributed by atoms with Crippen LogP contribution in [0.3, 0.4) is 0 Å². The summed E-state index contributed by atoms with van der Waals surface area (Å²) < 4.78 is 0.572. The molecule has 2 aliphatic rings. The summed E-state index contributed by atoms with van der Waals surface area (Å²) in [5, 5.41) is 0. The molecule has 2 aromatic rings. The predicted octanol–water partition coefficient (Wildman–Crippen LogP) is 5.12. The van der Waals surface area contributed by atoms with E-state index in [0.717, 1.165) is 23.6 Å². The molecule has 4 rings (SSSR count). The third-order valence-electron chi connectivity index (χ3n) is 4.52. The van der Waals surface area contributed by atoms with Crippen molar-refractivity contribution in [3.63, 3.8) is 0 Å². The van der Waals surface area contributed by atoms with Crippen molar-refractivity contribution in [2.45, 2.75) is 13.8 Å². The molecule has 2 heterocycles. The Bertz CT molecular complexity index is 963. The Balaban J connectivity index is 1.79. The van der Waals surface area contributed by atoms with Gasteiger partial charge in [0.05, 0.1) is 11.4 Å². The van der Waals surface area contributed by atoms with Gasteiger partial charge in [-0.05, 0) is 49.8 Å². The number of allylic oxidation sites excluding steroid dienone is 1. The van der Waals surface area contributed by atoms with Crippen molar-refractivity contribution < 1.29 is 4.79 Å². The van der Waals surface area contributed by atoms with Gasteiger partial charge in [-0.1, -0.05) is 59.9 Å². The fraction of sp³-hybridized carbons (Fsp3) is 0.143. The van der Waals surface area contributed by atoms with Gasteiger partial charge in [0.1, 0.15) is 4.91 Å². The van der Waals surface area contributed by atoms with Gasteiger partial charge in [0.15, 0.2) is 4.32 Å². The van der Waals surface area contributed by atoms with Crippen LogP contribution in [-0.2, 0) is 4.79 Å². The molecule has 0 N–H and O–H groups in total. The maximum Gasteiger partial charge on any atom is 0.272 e. The lowest BCUT2D eigenvalue weighted by Crippen LogP contribution is -2.30. The lowest BCUT2D eigenvalue weighted by atomic mass is 10.0. The number of carbonyl (C=O) groups excluding carboxylic acids is 1. The Kier molecular flexibility index (Phi) is 4.42. The smallest absolute Gasteiger partial charge is 0.272 e. The lowest BCUT2D eigenvalue weighted by molar-refractivity contribution is -0.113. The summed E-state index contributed by atoms with van der Waals surface area (Å²) in [4.78, 5) is 17.6. The number of rotatable bonds is 2. The number of amides is 1. The molecule has 26 heavy (non-hydrogen) atoms. The minimum atomic E-state index is -0.0557. The van der Waals surface area contributed by atoms with Crippen LogP contribution in [0.5, 0.6) is 0 Å². The van der Waals surface area contributed by atoms with Crippen molar-refractivity contribution in [3.8, 4) is 0 Å². The molecule has 0 atom stereocenters. The average Bonchev–Trinajstić information content (AvgIpc) is 2.95. The number of fused-ring (bicyclic) bond motifs is 1. The number of hydrogen-bond acceptors (Lipinski definition) is 4. The first kappa shape index (κ1) is 17.1. The summed E-state index contributed by atoms with van der Waals surface area (Å²) in [6, 6.07) is 16.0. The summed E-state index contributed by atoms with van der Waals surface area (Å²) >= 11 is 6.88. The van der Waals surface area contributed by atoms with E-state index in [2.05, 4.69) is 43.0 Å². The van der Waals surface area contributed by atoms with Crippen LogP contribution in [0.2, 0.25) is 0 Å². The number of nitrogens with zero attached hydrogens (tertiary/aromatic N) is 2. The van der Waals surface area contributed by atoms with E-state index in [9.17, 15) is 4.79 Å². The van der Waals surface area contributed by atoms with Gasteiger partial charge in [0.2, 0.25) is 0 Å². The van der Waals surface area contributed by atoms with E-state index >= 15 is 0 Å². The van der Waals surface area contributed by atoms with Crippen LogP contribution < -0.4 is 9.80 Å². The fourth-order valence-electron chi connectivity index (χ4n) is 3.30. The van der Waals surface area contributed by atoms with Crippen LogP contribution >= 0.6 is 24.0 Å². The molecule has 0 spiro atoms. The number of carbonyl (C=O) groups is 1. The van der Waals surface area contributed by atoms with Crippen molar-refractivity contribution in [2.24, 2.45) is 0 Å². The highest BCUT2D eigenvalue weighted by atomic mass is 32.2. The molecule has 0 bridgehead atoms. The van der Waals surface area contributed by atoms with Gasteiger partial charge >= 0.3 is 0 Å². The van der Waals surface area contributed by atoms with E-state index in [4.69, 9.17) is 12.2 Å². The van der Waals surface area contributed by atoms with Crippen LogP contribution in [0.1, 0.15) is 18.1 Å². The van der Waals surface area contributed by atoms with E-state index in [1.54, 1.807) is 4.90 Å². The first-order chi connectivity index (χ1) is 12.6. The zero-order chi connectivity index (χ0) is 18.3. The molecule has 0 aliphatic carbocycles. The van der Waals surface area contributed by atoms with Gasteiger partial charge < -0.3 is 4.90 Å². The van der Waals surface area contributed by atoms with E-state index in [1.165, 1.54) is 22.9 Å². The quantitative estimate of drug-likeness (QED) is 0.534. The molecule has 1 amide bonds. The topological polar surface area (TPSA) is 23.6 Å². The van der Waals surface area contributed by atoms with Crippen LogP contribution in [0.25, 0.3) is 6.08 Å². The average molecular weight is 379 g/mol. The highest BCUT2D eigenvalue weighted by molar-refractivity contribution is 8.27. The van der Waals surface area contributed by atoms with Gasteiger partial charge in [-0.3, -0.25) is 9.69 Å². The third-order valence-corrected chi connectivity index (χ3v) is 5.90. The van der Waals surface area contributed by atoms with Gasteiger partial charge in [0, 0.05) is 12.2 Å². The lowest BCUT2D eigenvalue weighted by Gasteiger charge is -2.30. The Hall–Kier alpha value is -2.37. The largest absolute Gasteiger partial charge is 0.340 e. The molecule has 5 heteroatoms.